The van der Waals surface area contributed by atoms with Crippen LogP contribution in [0, 0.1) is 18.8 Å². The van der Waals surface area contributed by atoms with E-state index in [-0.39, 0.29) is 40.5 Å². The lowest BCUT2D eigenvalue weighted by Crippen LogP contribution is -2.35. The van der Waals surface area contributed by atoms with Crippen molar-refractivity contribution < 1.29 is 32.6 Å². The lowest BCUT2D eigenvalue weighted by Gasteiger charge is -2.28. The lowest BCUT2D eigenvalue weighted by atomic mass is 10.0. The summed E-state index contributed by atoms with van der Waals surface area (Å²) in [5.74, 6) is -1.08. The SMILES string of the molecule is Cc1cc(C(=O)N(C)C)ccc1N(CC(C)C)S(=O)(=O)c1ccc(OCC2CCOCC2)c(C(=O)O)c1. The molecule has 0 aliphatic carbocycles. The third kappa shape index (κ3) is 6.81. The van der Waals surface area contributed by atoms with Gasteiger partial charge in [0.25, 0.3) is 15.9 Å². The van der Waals surface area contributed by atoms with Gasteiger partial charge in [-0.1, -0.05) is 13.8 Å². The van der Waals surface area contributed by atoms with Gasteiger partial charge in [0, 0.05) is 39.4 Å². The van der Waals surface area contributed by atoms with Gasteiger partial charge in [0.15, 0.2) is 0 Å². The maximum absolute atomic E-state index is 13.8. The molecule has 3 rings (SSSR count). The highest BCUT2D eigenvalue weighted by molar-refractivity contribution is 7.92. The molecule has 0 bridgehead atoms. The molecule has 1 aliphatic rings. The van der Waals surface area contributed by atoms with Gasteiger partial charge in [-0.3, -0.25) is 9.10 Å². The van der Waals surface area contributed by atoms with Crippen LogP contribution >= 0.6 is 0 Å². The Hall–Kier alpha value is -3.11. The molecule has 0 radical (unpaired) electrons. The van der Waals surface area contributed by atoms with E-state index in [4.69, 9.17) is 9.47 Å². The monoisotopic (exact) mass is 532 g/mol. The zero-order valence-corrected chi connectivity index (χ0v) is 22.9. The van der Waals surface area contributed by atoms with Crippen LogP contribution in [0.4, 0.5) is 5.69 Å². The number of anilines is 1. The smallest absolute Gasteiger partial charge is 0.339 e. The summed E-state index contributed by atoms with van der Waals surface area (Å²) in [6, 6.07) is 8.83. The Balaban J connectivity index is 1.97. The maximum Gasteiger partial charge on any atom is 0.339 e. The van der Waals surface area contributed by atoms with Crippen LogP contribution in [0.25, 0.3) is 0 Å². The van der Waals surface area contributed by atoms with Crippen LogP contribution in [0.3, 0.4) is 0 Å². The van der Waals surface area contributed by atoms with Gasteiger partial charge in [-0.25, -0.2) is 13.2 Å². The molecule has 1 saturated heterocycles. The largest absolute Gasteiger partial charge is 0.492 e. The molecule has 0 unspecified atom stereocenters. The summed E-state index contributed by atoms with van der Waals surface area (Å²) in [7, 11) is -0.825. The Kier molecular flexibility index (Phi) is 9.20. The zero-order valence-electron chi connectivity index (χ0n) is 22.1. The number of carboxylic acids is 1. The average Bonchev–Trinajstić information content (AvgIpc) is 2.86. The Morgan fingerprint density at radius 3 is 2.35 bits per heavy atom. The third-order valence-electron chi connectivity index (χ3n) is 6.23. The predicted octanol–water partition coefficient (Wildman–Crippen LogP) is 4.05. The Morgan fingerprint density at radius 2 is 1.78 bits per heavy atom. The van der Waals surface area contributed by atoms with Crippen molar-refractivity contribution in [3.8, 4) is 5.75 Å². The number of hydrogen-bond acceptors (Lipinski definition) is 6. The molecule has 1 N–H and O–H groups in total. The summed E-state index contributed by atoms with van der Waals surface area (Å²) in [4.78, 5) is 25.7. The quantitative estimate of drug-likeness (QED) is 0.491. The molecule has 2 aromatic carbocycles. The molecule has 37 heavy (non-hydrogen) atoms. The number of sulfonamides is 1. The number of amides is 1. The number of benzene rings is 2. The first-order chi connectivity index (χ1) is 17.4. The van der Waals surface area contributed by atoms with E-state index >= 15 is 0 Å². The van der Waals surface area contributed by atoms with E-state index in [9.17, 15) is 23.1 Å². The summed E-state index contributed by atoms with van der Waals surface area (Å²) in [6.07, 6.45) is 1.66. The zero-order chi connectivity index (χ0) is 27.3. The fourth-order valence-electron chi connectivity index (χ4n) is 4.19. The molecule has 0 atom stereocenters. The summed E-state index contributed by atoms with van der Waals surface area (Å²) in [5.41, 5.74) is 1.29. The normalized spacial score (nSPS) is 14.4. The molecular weight excluding hydrogens is 496 g/mol. The van der Waals surface area contributed by atoms with E-state index < -0.39 is 16.0 Å². The van der Waals surface area contributed by atoms with Gasteiger partial charge in [0.05, 0.1) is 17.2 Å². The molecular formula is C27H36N2O7S. The van der Waals surface area contributed by atoms with Crippen molar-refractivity contribution in [1.29, 1.82) is 0 Å². The Labute approximate surface area is 219 Å². The van der Waals surface area contributed by atoms with E-state index in [2.05, 4.69) is 0 Å². The first-order valence-electron chi connectivity index (χ1n) is 12.3. The van der Waals surface area contributed by atoms with Crippen molar-refractivity contribution >= 4 is 27.6 Å². The van der Waals surface area contributed by atoms with Crippen molar-refractivity contribution in [3.05, 3.63) is 53.1 Å². The number of rotatable bonds is 10. The molecule has 1 aliphatic heterocycles. The van der Waals surface area contributed by atoms with Crippen molar-refractivity contribution in [2.75, 3.05) is 44.8 Å². The standard InChI is InChI=1S/C27H36N2O7S/c1-18(2)16-29(24-8-6-21(14-19(24)3)26(30)28(4)5)37(33,34)22-7-9-25(23(15-22)27(31)32)36-17-20-10-12-35-13-11-20/h6-9,14-15,18,20H,10-13,16-17H2,1-5H3,(H,31,32). The molecule has 1 amide bonds. The van der Waals surface area contributed by atoms with Crippen LogP contribution in [0.2, 0.25) is 0 Å². The molecule has 1 fully saturated rings. The predicted molar refractivity (Wildman–Crippen MR) is 141 cm³/mol. The minimum absolute atomic E-state index is 0.0155. The number of ether oxygens (including phenoxy) is 2. The van der Waals surface area contributed by atoms with Crippen molar-refractivity contribution in [2.24, 2.45) is 11.8 Å². The minimum Gasteiger partial charge on any atom is -0.492 e. The van der Waals surface area contributed by atoms with E-state index in [1.165, 1.54) is 21.3 Å². The molecule has 2 aromatic rings. The highest BCUT2D eigenvalue weighted by Crippen LogP contribution is 2.31. The second-order valence-corrected chi connectivity index (χ2v) is 11.8. The van der Waals surface area contributed by atoms with Gasteiger partial charge in [-0.2, -0.15) is 0 Å². The van der Waals surface area contributed by atoms with Crippen molar-refractivity contribution in [3.63, 3.8) is 0 Å². The molecule has 10 heteroatoms. The topological polar surface area (TPSA) is 113 Å². The van der Waals surface area contributed by atoms with Gasteiger partial charge in [0.2, 0.25) is 0 Å². The number of aryl methyl sites for hydroxylation is 1. The number of nitrogens with zero attached hydrogens (tertiary/aromatic N) is 2. The first-order valence-corrected chi connectivity index (χ1v) is 13.8. The number of carbonyl (C=O) groups is 2. The second-order valence-electron chi connectivity index (χ2n) is 9.96. The molecule has 9 nitrogen and oxygen atoms in total. The molecule has 1 heterocycles. The maximum atomic E-state index is 13.8. The first kappa shape index (κ1) is 28.5. The van der Waals surface area contributed by atoms with Crippen LogP contribution < -0.4 is 9.04 Å². The van der Waals surface area contributed by atoms with E-state index in [0.29, 0.717) is 36.6 Å². The van der Waals surface area contributed by atoms with Crippen LogP contribution in [0.1, 0.15) is 53.0 Å². The number of hydrogen-bond donors (Lipinski definition) is 1. The summed E-state index contributed by atoms with van der Waals surface area (Å²) < 4.78 is 40.1. The van der Waals surface area contributed by atoms with Crippen LogP contribution in [0.5, 0.6) is 5.75 Å². The molecule has 0 saturated carbocycles. The minimum atomic E-state index is -4.13. The van der Waals surface area contributed by atoms with Crippen molar-refractivity contribution in [2.45, 2.75) is 38.5 Å². The highest BCUT2D eigenvalue weighted by atomic mass is 32.2. The molecule has 0 spiro atoms. The van der Waals surface area contributed by atoms with Gasteiger partial charge in [-0.15, -0.1) is 0 Å². The third-order valence-corrected chi connectivity index (χ3v) is 8.01. The van der Waals surface area contributed by atoms with Gasteiger partial charge >= 0.3 is 5.97 Å². The van der Waals surface area contributed by atoms with Gasteiger partial charge in [0.1, 0.15) is 11.3 Å². The fourth-order valence-corrected chi connectivity index (χ4v) is 5.91. The van der Waals surface area contributed by atoms with E-state index in [1.54, 1.807) is 39.2 Å². The molecule has 0 aromatic heterocycles. The number of carboxylic acid groups (broad SMARTS) is 1. The van der Waals surface area contributed by atoms with E-state index in [0.717, 1.165) is 18.9 Å². The van der Waals surface area contributed by atoms with E-state index in [1.807, 2.05) is 13.8 Å². The Morgan fingerprint density at radius 1 is 1.11 bits per heavy atom. The second kappa shape index (κ2) is 12.0. The lowest BCUT2D eigenvalue weighted by molar-refractivity contribution is 0.0490. The highest BCUT2D eigenvalue weighted by Gasteiger charge is 2.29. The summed E-state index contributed by atoms with van der Waals surface area (Å²) >= 11 is 0. The number of aromatic carboxylic acids is 1. The van der Waals surface area contributed by atoms with Gasteiger partial charge < -0.3 is 19.5 Å². The summed E-state index contributed by atoms with van der Waals surface area (Å²) in [6.45, 7) is 7.36. The Bertz CT molecular complexity index is 1240. The van der Waals surface area contributed by atoms with Gasteiger partial charge in [-0.05, 0) is 73.6 Å². The molecule has 202 valence electrons. The van der Waals surface area contributed by atoms with Crippen LogP contribution in [-0.4, -0.2) is 70.8 Å². The number of carbonyl (C=O) groups excluding carboxylic acids is 1. The van der Waals surface area contributed by atoms with Crippen molar-refractivity contribution in [1.82, 2.24) is 4.90 Å². The fraction of sp³-hybridized carbons (Fsp3) is 0.481. The van der Waals surface area contributed by atoms with Crippen LogP contribution in [0.15, 0.2) is 41.3 Å². The summed E-state index contributed by atoms with van der Waals surface area (Å²) in [5, 5.41) is 9.82. The average molecular weight is 533 g/mol. The van der Waals surface area contributed by atoms with Crippen LogP contribution in [-0.2, 0) is 14.8 Å².